The second-order valence-corrected chi connectivity index (χ2v) is 9.99. The molecule has 0 fully saturated rings. The zero-order chi connectivity index (χ0) is 26.0. The summed E-state index contributed by atoms with van der Waals surface area (Å²) >= 11 is 0. The summed E-state index contributed by atoms with van der Waals surface area (Å²) in [4.78, 5) is 29.2. The number of nitrogens with one attached hydrogen (secondary N) is 1. The number of hydrogen-bond acceptors (Lipinski definition) is 2. The molecule has 4 aromatic rings. The van der Waals surface area contributed by atoms with E-state index in [9.17, 15) is 9.59 Å². The van der Waals surface area contributed by atoms with E-state index in [4.69, 9.17) is 0 Å². The molecule has 0 spiro atoms. The van der Waals surface area contributed by atoms with E-state index in [1.165, 1.54) is 10.8 Å². The van der Waals surface area contributed by atoms with Gasteiger partial charge < -0.3 is 10.2 Å². The third-order valence-corrected chi connectivity index (χ3v) is 6.64. The van der Waals surface area contributed by atoms with Gasteiger partial charge in [-0.25, -0.2) is 0 Å². The molecule has 4 nitrogen and oxygen atoms in total. The molecule has 0 radical (unpaired) electrons. The van der Waals surface area contributed by atoms with Crippen LogP contribution in [-0.4, -0.2) is 29.3 Å². The Morgan fingerprint density at radius 2 is 1.38 bits per heavy atom. The molecule has 1 unspecified atom stereocenters. The van der Waals surface area contributed by atoms with E-state index in [0.29, 0.717) is 38.3 Å². The van der Waals surface area contributed by atoms with Crippen molar-refractivity contribution in [1.29, 1.82) is 0 Å². The molecular formula is C33H36N2O2. The van der Waals surface area contributed by atoms with Gasteiger partial charge in [-0.1, -0.05) is 117 Å². The minimum atomic E-state index is -0.596. The van der Waals surface area contributed by atoms with Crippen LogP contribution in [0.1, 0.15) is 37.0 Å². The Labute approximate surface area is 220 Å². The lowest BCUT2D eigenvalue weighted by Gasteiger charge is -2.32. The van der Waals surface area contributed by atoms with Crippen molar-refractivity contribution >= 4 is 22.6 Å². The fourth-order valence-corrected chi connectivity index (χ4v) is 4.65. The summed E-state index contributed by atoms with van der Waals surface area (Å²) in [6.07, 6.45) is 1.43. The fraction of sp³-hybridized carbons (Fsp3) is 0.273. The highest BCUT2D eigenvalue weighted by molar-refractivity contribution is 5.89. The first kappa shape index (κ1) is 26.2. The van der Waals surface area contributed by atoms with E-state index in [2.05, 4.69) is 43.4 Å². The van der Waals surface area contributed by atoms with E-state index >= 15 is 0 Å². The van der Waals surface area contributed by atoms with Crippen molar-refractivity contribution in [2.75, 3.05) is 6.54 Å². The van der Waals surface area contributed by atoms with Crippen LogP contribution in [0.5, 0.6) is 0 Å². The largest absolute Gasteiger partial charge is 0.354 e. The van der Waals surface area contributed by atoms with Gasteiger partial charge in [0.25, 0.3) is 0 Å². The van der Waals surface area contributed by atoms with Gasteiger partial charge in [0.2, 0.25) is 11.8 Å². The Balaban J connectivity index is 1.62. The van der Waals surface area contributed by atoms with Crippen LogP contribution in [0.4, 0.5) is 0 Å². The van der Waals surface area contributed by atoms with E-state index in [1.54, 1.807) is 4.90 Å². The molecule has 0 aliphatic heterocycles. The summed E-state index contributed by atoms with van der Waals surface area (Å²) < 4.78 is 0. The molecule has 4 aromatic carbocycles. The van der Waals surface area contributed by atoms with Crippen LogP contribution in [0.25, 0.3) is 10.8 Å². The Morgan fingerprint density at radius 3 is 2.08 bits per heavy atom. The van der Waals surface area contributed by atoms with E-state index in [1.807, 2.05) is 78.9 Å². The quantitative estimate of drug-likeness (QED) is 0.272. The first-order valence-corrected chi connectivity index (χ1v) is 13.1. The van der Waals surface area contributed by atoms with Gasteiger partial charge in [0.1, 0.15) is 6.04 Å². The van der Waals surface area contributed by atoms with Gasteiger partial charge in [0, 0.05) is 25.9 Å². The molecule has 0 saturated heterocycles. The molecule has 37 heavy (non-hydrogen) atoms. The van der Waals surface area contributed by atoms with E-state index < -0.39 is 6.04 Å². The van der Waals surface area contributed by atoms with Crippen LogP contribution < -0.4 is 5.32 Å². The van der Waals surface area contributed by atoms with Crippen molar-refractivity contribution in [1.82, 2.24) is 10.2 Å². The number of rotatable bonds is 11. The zero-order valence-corrected chi connectivity index (χ0v) is 21.8. The molecule has 0 aromatic heterocycles. The number of carbonyl (C=O) groups excluding carboxylic acids is 2. The summed E-state index contributed by atoms with van der Waals surface area (Å²) in [7, 11) is 0. The van der Waals surface area contributed by atoms with Crippen molar-refractivity contribution in [3.05, 3.63) is 120 Å². The monoisotopic (exact) mass is 492 g/mol. The number of hydrogen-bond donors (Lipinski definition) is 1. The van der Waals surface area contributed by atoms with Crippen molar-refractivity contribution in [3.63, 3.8) is 0 Å². The lowest BCUT2D eigenvalue weighted by molar-refractivity contribution is -0.141. The summed E-state index contributed by atoms with van der Waals surface area (Å²) in [6.45, 7) is 5.11. The molecule has 4 heteroatoms. The van der Waals surface area contributed by atoms with Crippen molar-refractivity contribution in [2.45, 2.75) is 45.7 Å². The average Bonchev–Trinajstić information content (AvgIpc) is 2.93. The second kappa shape index (κ2) is 12.9. The van der Waals surface area contributed by atoms with Gasteiger partial charge in [0.05, 0.1) is 0 Å². The second-order valence-electron chi connectivity index (χ2n) is 9.99. The van der Waals surface area contributed by atoms with Crippen LogP contribution in [0.2, 0.25) is 0 Å². The maximum Gasteiger partial charge on any atom is 0.243 e. The van der Waals surface area contributed by atoms with Crippen LogP contribution in [0, 0.1) is 5.92 Å². The molecule has 2 amide bonds. The minimum Gasteiger partial charge on any atom is -0.354 e. The molecule has 1 N–H and O–H groups in total. The molecule has 0 saturated carbocycles. The van der Waals surface area contributed by atoms with Crippen molar-refractivity contribution < 1.29 is 9.59 Å². The molecule has 0 aliphatic carbocycles. The highest BCUT2D eigenvalue weighted by Crippen LogP contribution is 2.21. The maximum absolute atomic E-state index is 13.9. The molecule has 0 aliphatic rings. The third kappa shape index (κ3) is 7.29. The predicted molar refractivity (Wildman–Crippen MR) is 151 cm³/mol. The smallest absolute Gasteiger partial charge is 0.243 e. The van der Waals surface area contributed by atoms with E-state index in [0.717, 1.165) is 16.7 Å². The fourth-order valence-electron chi connectivity index (χ4n) is 4.65. The van der Waals surface area contributed by atoms with E-state index in [-0.39, 0.29) is 11.8 Å². The molecule has 190 valence electrons. The van der Waals surface area contributed by atoms with Crippen LogP contribution in [-0.2, 0) is 29.0 Å². The van der Waals surface area contributed by atoms with Crippen LogP contribution in [0.15, 0.2) is 103 Å². The number of aryl methyl sites for hydroxylation is 1. The normalized spacial score (nSPS) is 11.9. The van der Waals surface area contributed by atoms with Gasteiger partial charge in [-0.2, -0.15) is 0 Å². The first-order valence-electron chi connectivity index (χ1n) is 13.1. The van der Waals surface area contributed by atoms with Gasteiger partial charge in [0.15, 0.2) is 0 Å². The number of benzene rings is 4. The van der Waals surface area contributed by atoms with Gasteiger partial charge >= 0.3 is 0 Å². The minimum absolute atomic E-state index is 0.0163. The van der Waals surface area contributed by atoms with Gasteiger partial charge in [-0.3, -0.25) is 9.59 Å². The van der Waals surface area contributed by atoms with Crippen molar-refractivity contribution in [3.8, 4) is 0 Å². The van der Waals surface area contributed by atoms with Crippen molar-refractivity contribution in [2.24, 2.45) is 5.92 Å². The predicted octanol–water partition coefficient (Wildman–Crippen LogP) is 6.18. The Bertz CT molecular complexity index is 1300. The topological polar surface area (TPSA) is 49.4 Å². The molecular weight excluding hydrogens is 456 g/mol. The zero-order valence-electron chi connectivity index (χ0n) is 21.8. The Morgan fingerprint density at radius 1 is 0.757 bits per heavy atom. The number of nitrogens with zero attached hydrogens (tertiary/aromatic N) is 1. The molecule has 0 bridgehead atoms. The number of amides is 2. The third-order valence-electron chi connectivity index (χ3n) is 6.64. The molecule has 0 heterocycles. The highest BCUT2D eigenvalue weighted by Gasteiger charge is 2.30. The summed E-state index contributed by atoms with van der Waals surface area (Å²) in [6, 6.07) is 33.8. The van der Waals surface area contributed by atoms with Gasteiger partial charge in [-0.05, 0) is 39.8 Å². The molecule has 4 rings (SSSR count). The Kier molecular flexibility index (Phi) is 9.09. The first-order chi connectivity index (χ1) is 18.0. The summed E-state index contributed by atoms with van der Waals surface area (Å²) in [5.41, 5.74) is 3.19. The lowest BCUT2D eigenvalue weighted by Crippen LogP contribution is -2.51. The standard InChI is InChI=1S/C33H36N2O2/c1-25(2)23-34-33(37)31(22-26-12-5-3-6-13-26)35(24-27-14-7-4-8-15-27)32(36)21-20-29-18-11-17-28-16-9-10-19-30(28)29/h3-19,25,31H,20-24H2,1-2H3,(H,34,37). The summed E-state index contributed by atoms with van der Waals surface area (Å²) in [5.74, 6) is 0.204. The Hall–Kier alpha value is -3.92. The summed E-state index contributed by atoms with van der Waals surface area (Å²) in [5, 5.41) is 5.43. The molecule has 1 atom stereocenters. The number of fused-ring (bicyclic) bond motifs is 1. The van der Waals surface area contributed by atoms with Crippen LogP contribution in [0.3, 0.4) is 0 Å². The van der Waals surface area contributed by atoms with Gasteiger partial charge in [-0.15, -0.1) is 0 Å². The maximum atomic E-state index is 13.9. The average molecular weight is 493 g/mol. The number of carbonyl (C=O) groups is 2. The SMILES string of the molecule is CC(C)CNC(=O)C(Cc1ccccc1)N(Cc1ccccc1)C(=O)CCc1cccc2ccccc12. The highest BCUT2D eigenvalue weighted by atomic mass is 16.2. The lowest BCUT2D eigenvalue weighted by atomic mass is 9.99. The van der Waals surface area contributed by atoms with Crippen LogP contribution >= 0.6 is 0 Å².